The van der Waals surface area contributed by atoms with E-state index in [9.17, 15) is 9.59 Å². The Hall–Kier alpha value is -3.84. The number of aliphatic imine (C=N–C) groups is 1. The van der Waals surface area contributed by atoms with Crippen LogP contribution in [0.5, 0.6) is 0 Å². The van der Waals surface area contributed by atoms with Crippen molar-refractivity contribution in [2.75, 3.05) is 30.4 Å². The normalized spacial score (nSPS) is 17.3. The van der Waals surface area contributed by atoms with Gasteiger partial charge in [0, 0.05) is 42.0 Å². The van der Waals surface area contributed by atoms with E-state index in [1.54, 1.807) is 29.2 Å². The number of carbonyl (C=O) groups is 2. The summed E-state index contributed by atoms with van der Waals surface area (Å²) in [4.78, 5) is 34.6. The van der Waals surface area contributed by atoms with Crippen LogP contribution in [0.4, 0.5) is 21.9 Å². The molecule has 0 bridgehead atoms. The highest BCUT2D eigenvalue weighted by Crippen LogP contribution is 2.34. The number of nitrogens with zero attached hydrogens (tertiary/aromatic N) is 3. The lowest BCUT2D eigenvalue weighted by Crippen LogP contribution is -2.52. The first kappa shape index (κ1) is 22.0. The second kappa shape index (κ2) is 9.19. The summed E-state index contributed by atoms with van der Waals surface area (Å²) in [6, 6.07) is 21.2. The third kappa shape index (κ3) is 4.34. The second-order valence-corrected chi connectivity index (χ2v) is 8.77. The first-order chi connectivity index (χ1) is 16.5. The van der Waals surface area contributed by atoms with Crippen LogP contribution >= 0.6 is 11.6 Å². The van der Waals surface area contributed by atoms with Gasteiger partial charge in [0.05, 0.1) is 12.2 Å². The summed E-state index contributed by atoms with van der Waals surface area (Å²) in [6.07, 6.45) is 0.416. The van der Waals surface area contributed by atoms with Crippen molar-refractivity contribution in [3.05, 3.63) is 88.9 Å². The monoisotopic (exact) mass is 473 g/mol. The van der Waals surface area contributed by atoms with Gasteiger partial charge in [-0.15, -0.1) is 0 Å². The van der Waals surface area contributed by atoms with Crippen molar-refractivity contribution in [2.24, 2.45) is 4.99 Å². The van der Waals surface area contributed by atoms with Crippen LogP contribution < -0.4 is 15.5 Å². The number of amidine groups is 1. The molecule has 2 aliphatic rings. The van der Waals surface area contributed by atoms with Crippen LogP contribution in [-0.4, -0.2) is 48.9 Å². The SMILES string of the molecule is CN1CCN=C1c1ccc(N2C(=O)C(NC(=O)Nc3ccc(Cl)cc3)Cc3ccccc32)cc1. The standard InChI is InChI=1S/C26H24ClN5O2/c1-31-15-14-28-24(31)17-6-12-21(13-7-17)32-23-5-3-2-4-18(23)16-22(25(32)33)30-26(34)29-20-10-8-19(27)9-11-20/h2-13,22H,14-16H2,1H3,(H2,29,30,34). The predicted molar refractivity (Wildman–Crippen MR) is 135 cm³/mol. The molecule has 0 saturated heterocycles. The molecule has 5 rings (SSSR count). The molecule has 2 N–H and O–H groups in total. The summed E-state index contributed by atoms with van der Waals surface area (Å²) in [5.74, 6) is 0.767. The molecule has 2 heterocycles. The molecule has 3 aromatic carbocycles. The van der Waals surface area contributed by atoms with E-state index in [2.05, 4.69) is 20.5 Å². The van der Waals surface area contributed by atoms with E-state index in [0.717, 1.165) is 41.4 Å². The van der Waals surface area contributed by atoms with Gasteiger partial charge in [-0.25, -0.2) is 4.79 Å². The van der Waals surface area contributed by atoms with Crippen LogP contribution in [0.3, 0.4) is 0 Å². The quantitative estimate of drug-likeness (QED) is 0.588. The van der Waals surface area contributed by atoms with Gasteiger partial charge >= 0.3 is 6.03 Å². The third-order valence-corrected chi connectivity index (χ3v) is 6.28. The van der Waals surface area contributed by atoms with Crippen molar-refractivity contribution in [3.63, 3.8) is 0 Å². The summed E-state index contributed by atoms with van der Waals surface area (Å²) in [5.41, 5.74) is 4.16. The highest BCUT2D eigenvalue weighted by molar-refractivity contribution is 6.30. The van der Waals surface area contributed by atoms with Crippen LogP contribution in [0.1, 0.15) is 11.1 Å². The first-order valence-corrected chi connectivity index (χ1v) is 11.5. The van der Waals surface area contributed by atoms with Gasteiger partial charge in [-0.1, -0.05) is 29.8 Å². The largest absolute Gasteiger partial charge is 0.358 e. The molecule has 0 aliphatic carbocycles. The first-order valence-electron chi connectivity index (χ1n) is 11.1. The minimum Gasteiger partial charge on any atom is -0.358 e. The molecular formula is C26H24ClN5O2. The summed E-state index contributed by atoms with van der Waals surface area (Å²) in [5, 5.41) is 6.18. The Kier molecular flexibility index (Phi) is 5.94. The lowest BCUT2D eigenvalue weighted by Gasteiger charge is -2.34. The molecule has 8 heteroatoms. The summed E-state index contributed by atoms with van der Waals surface area (Å²) >= 11 is 5.91. The van der Waals surface area contributed by atoms with Crippen molar-refractivity contribution in [1.29, 1.82) is 0 Å². The number of carbonyl (C=O) groups excluding carboxylic acids is 2. The number of para-hydroxylation sites is 1. The van der Waals surface area contributed by atoms with Crippen LogP contribution in [-0.2, 0) is 11.2 Å². The predicted octanol–water partition coefficient (Wildman–Crippen LogP) is 4.44. The smallest absolute Gasteiger partial charge is 0.319 e. The highest BCUT2D eigenvalue weighted by Gasteiger charge is 2.34. The lowest BCUT2D eigenvalue weighted by molar-refractivity contribution is -0.119. The van der Waals surface area contributed by atoms with E-state index in [-0.39, 0.29) is 5.91 Å². The van der Waals surface area contributed by atoms with Crippen LogP contribution in [0.2, 0.25) is 5.02 Å². The number of urea groups is 1. The fourth-order valence-corrected chi connectivity index (χ4v) is 4.45. The number of amides is 3. The molecule has 0 radical (unpaired) electrons. The maximum absolute atomic E-state index is 13.5. The number of likely N-dealkylation sites (N-methyl/N-ethyl adjacent to an activating group) is 1. The summed E-state index contributed by atoms with van der Waals surface area (Å²) in [7, 11) is 2.02. The Morgan fingerprint density at radius 1 is 1.03 bits per heavy atom. The minimum atomic E-state index is -0.702. The Bertz CT molecular complexity index is 1260. The average molecular weight is 474 g/mol. The molecule has 0 spiro atoms. The number of benzene rings is 3. The van der Waals surface area contributed by atoms with Crippen LogP contribution in [0.25, 0.3) is 0 Å². The van der Waals surface area contributed by atoms with Crippen LogP contribution in [0.15, 0.2) is 77.8 Å². The molecule has 3 amide bonds. The molecule has 2 aliphatic heterocycles. The fraction of sp³-hybridized carbons (Fsp3) is 0.192. The number of fused-ring (bicyclic) bond motifs is 1. The molecule has 0 saturated carbocycles. The molecule has 1 atom stereocenters. The number of rotatable bonds is 4. The molecule has 34 heavy (non-hydrogen) atoms. The van der Waals surface area contributed by atoms with Gasteiger partial charge in [0.15, 0.2) is 0 Å². The van der Waals surface area contributed by atoms with E-state index in [4.69, 9.17) is 11.6 Å². The van der Waals surface area contributed by atoms with Gasteiger partial charge in [0.1, 0.15) is 11.9 Å². The van der Waals surface area contributed by atoms with Gasteiger partial charge in [0.25, 0.3) is 5.91 Å². The zero-order valence-corrected chi connectivity index (χ0v) is 19.4. The Labute approximate surface area is 203 Å². The van der Waals surface area contributed by atoms with E-state index < -0.39 is 12.1 Å². The molecular weight excluding hydrogens is 450 g/mol. The maximum Gasteiger partial charge on any atom is 0.319 e. The number of halogens is 1. The molecule has 3 aromatic rings. The Morgan fingerprint density at radius 2 is 1.76 bits per heavy atom. The number of hydrogen-bond donors (Lipinski definition) is 2. The van der Waals surface area contributed by atoms with Crippen molar-refractivity contribution >= 4 is 46.4 Å². The van der Waals surface area contributed by atoms with E-state index >= 15 is 0 Å². The topological polar surface area (TPSA) is 77.0 Å². The van der Waals surface area contributed by atoms with Gasteiger partial charge < -0.3 is 15.5 Å². The van der Waals surface area contributed by atoms with E-state index in [1.165, 1.54) is 0 Å². The molecule has 7 nitrogen and oxygen atoms in total. The van der Waals surface area contributed by atoms with Gasteiger partial charge in [-0.3, -0.25) is 14.7 Å². The molecule has 1 unspecified atom stereocenters. The molecule has 0 aromatic heterocycles. The molecule has 172 valence electrons. The van der Waals surface area contributed by atoms with Crippen molar-refractivity contribution in [3.8, 4) is 0 Å². The van der Waals surface area contributed by atoms with Gasteiger partial charge in [0.2, 0.25) is 0 Å². The zero-order chi connectivity index (χ0) is 23.7. The fourth-order valence-electron chi connectivity index (χ4n) is 4.32. The van der Waals surface area contributed by atoms with Gasteiger partial charge in [-0.05, 0) is 60.2 Å². The number of anilines is 3. The van der Waals surface area contributed by atoms with E-state index in [1.807, 2.05) is 55.6 Å². The molecule has 0 fully saturated rings. The highest BCUT2D eigenvalue weighted by atomic mass is 35.5. The Morgan fingerprint density at radius 3 is 2.47 bits per heavy atom. The van der Waals surface area contributed by atoms with Crippen molar-refractivity contribution in [1.82, 2.24) is 10.2 Å². The zero-order valence-electron chi connectivity index (χ0n) is 18.7. The van der Waals surface area contributed by atoms with Gasteiger partial charge in [-0.2, -0.15) is 0 Å². The van der Waals surface area contributed by atoms with Crippen molar-refractivity contribution in [2.45, 2.75) is 12.5 Å². The van der Waals surface area contributed by atoms with Crippen molar-refractivity contribution < 1.29 is 9.59 Å². The Balaban J connectivity index is 1.39. The average Bonchev–Trinajstić information content (AvgIpc) is 3.27. The number of hydrogen-bond acceptors (Lipinski definition) is 4. The summed E-state index contributed by atoms with van der Waals surface area (Å²) in [6.45, 7) is 1.69. The summed E-state index contributed by atoms with van der Waals surface area (Å²) < 4.78 is 0. The van der Waals surface area contributed by atoms with E-state index in [0.29, 0.717) is 17.1 Å². The second-order valence-electron chi connectivity index (χ2n) is 8.34. The minimum absolute atomic E-state index is 0.187. The number of nitrogens with one attached hydrogen (secondary N) is 2. The maximum atomic E-state index is 13.5. The lowest BCUT2D eigenvalue weighted by atomic mass is 9.96. The third-order valence-electron chi connectivity index (χ3n) is 6.02. The van der Waals surface area contributed by atoms with Crippen LogP contribution in [0, 0.1) is 0 Å².